The van der Waals surface area contributed by atoms with E-state index in [-0.39, 0.29) is 12.4 Å². The Hall–Kier alpha value is -0.300. The molecule has 0 aromatic heterocycles. The van der Waals surface area contributed by atoms with Crippen LogP contribution < -0.4 is 4.74 Å². The van der Waals surface area contributed by atoms with Crippen LogP contribution in [0.3, 0.4) is 0 Å². The van der Waals surface area contributed by atoms with Crippen molar-refractivity contribution in [2.45, 2.75) is 26.2 Å². The first-order chi connectivity index (χ1) is 7.34. The first-order valence-corrected chi connectivity index (χ1v) is 5.82. The minimum absolute atomic E-state index is 0. The molecule has 1 aromatic carbocycles. The number of hydrogen-bond donors (Lipinski definition) is 0. The van der Waals surface area contributed by atoms with Crippen molar-refractivity contribution in [2.24, 2.45) is 0 Å². The van der Waals surface area contributed by atoms with Gasteiger partial charge in [0, 0.05) is 9.47 Å². The predicted molar refractivity (Wildman–Crippen MR) is 73.4 cm³/mol. The van der Waals surface area contributed by atoms with E-state index in [1.54, 1.807) is 0 Å². The van der Waals surface area contributed by atoms with E-state index in [0.717, 1.165) is 38.2 Å². The molecule has 16 heavy (non-hydrogen) atoms. The molecule has 92 valence electrons. The average molecular weight is 263 g/mol. The summed E-state index contributed by atoms with van der Waals surface area (Å²) in [4.78, 5) is 0. The summed E-state index contributed by atoms with van der Waals surface area (Å²) in [5.41, 5.74) is 1.20. The molecule has 1 atom stereocenters. The van der Waals surface area contributed by atoms with Crippen LogP contribution in [0.25, 0.3) is 0 Å². The molecule has 1 aromatic rings. The molecular formula is C12H20ClO2P. The maximum atomic E-state index is 5.67. The summed E-state index contributed by atoms with van der Waals surface area (Å²) in [6.07, 6.45) is 3.34. The zero-order valence-electron chi connectivity index (χ0n) is 9.65. The molecule has 0 radical (unpaired) electrons. The zero-order chi connectivity index (χ0) is 10.9. The van der Waals surface area contributed by atoms with Crippen LogP contribution in [0, 0.1) is 6.92 Å². The maximum Gasteiger partial charge on any atom is 0.122 e. The van der Waals surface area contributed by atoms with Crippen LogP contribution >= 0.6 is 21.9 Å². The van der Waals surface area contributed by atoms with Crippen LogP contribution in [-0.4, -0.2) is 13.2 Å². The molecule has 0 N–H and O–H groups in total. The number of rotatable bonds is 7. The van der Waals surface area contributed by atoms with Gasteiger partial charge in [-0.25, -0.2) is 0 Å². The van der Waals surface area contributed by atoms with E-state index in [1.807, 2.05) is 18.2 Å². The van der Waals surface area contributed by atoms with E-state index in [9.17, 15) is 0 Å². The summed E-state index contributed by atoms with van der Waals surface area (Å²) in [6.45, 7) is 3.67. The molecule has 2 nitrogen and oxygen atoms in total. The van der Waals surface area contributed by atoms with E-state index in [2.05, 4.69) is 22.5 Å². The van der Waals surface area contributed by atoms with Gasteiger partial charge in [-0.15, -0.1) is 12.4 Å². The van der Waals surface area contributed by atoms with Crippen molar-refractivity contribution >= 4 is 21.9 Å². The highest BCUT2D eigenvalue weighted by Gasteiger charge is 1.96. The average Bonchev–Trinajstić information content (AvgIpc) is 2.25. The monoisotopic (exact) mass is 262 g/mol. The lowest BCUT2D eigenvalue weighted by Crippen LogP contribution is -1.99. The molecule has 0 heterocycles. The van der Waals surface area contributed by atoms with Crippen LogP contribution in [-0.2, 0) is 4.52 Å². The molecule has 0 aliphatic heterocycles. The Labute approximate surface area is 106 Å². The highest BCUT2D eigenvalue weighted by Crippen LogP contribution is 2.16. The number of halogens is 1. The fourth-order valence-electron chi connectivity index (χ4n) is 1.36. The normalized spacial score (nSPS) is 9.62. The number of unbranched alkanes of at least 4 members (excludes halogenated alkanes) is 2. The number of aryl methyl sites for hydroxylation is 1. The van der Waals surface area contributed by atoms with Gasteiger partial charge in [0.15, 0.2) is 0 Å². The molecule has 0 saturated heterocycles. The van der Waals surface area contributed by atoms with Gasteiger partial charge in [0.25, 0.3) is 0 Å². The Balaban J connectivity index is 0.00000225. The highest BCUT2D eigenvalue weighted by molar-refractivity contribution is 7.09. The van der Waals surface area contributed by atoms with Gasteiger partial charge >= 0.3 is 0 Å². The molecule has 0 spiro atoms. The quantitative estimate of drug-likeness (QED) is 0.550. The minimum atomic E-state index is 0. The Bertz CT molecular complexity index is 281. The second kappa shape index (κ2) is 9.89. The van der Waals surface area contributed by atoms with Gasteiger partial charge in [-0.2, -0.15) is 0 Å². The van der Waals surface area contributed by atoms with Crippen molar-refractivity contribution in [3.63, 3.8) is 0 Å². The van der Waals surface area contributed by atoms with Gasteiger partial charge in [-0.3, -0.25) is 0 Å². The van der Waals surface area contributed by atoms with Crippen LogP contribution in [0.2, 0.25) is 0 Å². The van der Waals surface area contributed by atoms with Crippen LogP contribution in [0.4, 0.5) is 0 Å². The summed E-state index contributed by atoms with van der Waals surface area (Å²) in [7, 11) is 2.27. The molecule has 0 bridgehead atoms. The van der Waals surface area contributed by atoms with Crippen LogP contribution in [0.15, 0.2) is 24.3 Å². The molecule has 0 saturated carbocycles. The van der Waals surface area contributed by atoms with Crippen molar-refractivity contribution in [3.8, 4) is 5.75 Å². The topological polar surface area (TPSA) is 18.5 Å². The number of benzene rings is 1. The number of hydrogen-bond acceptors (Lipinski definition) is 2. The smallest absolute Gasteiger partial charge is 0.122 e. The summed E-state index contributed by atoms with van der Waals surface area (Å²) in [6, 6.07) is 8.11. The third kappa shape index (κ3) is 6.32. The van der Waals surface area contributed by atoms with Gasteiger partial charge in [-0.1, -0.05) is 18.2 Å². The Morgan fingerprint density at radius 1 is 1.06 bits per heavy atom. The second-order valence-electron chi connectivity index (χ2n) is 3.55. The fraction of sp³-hybridized carbons (Fsp3) is 0.500. The summed E-state index contributed by atoms with van der Waals surface area (Å²) in [5, 5.41) is 0. The maximum absolute atomic E-state index is 5.67. The number of para-hydroxylation sites is 1. The zero-order valence-corrected chi connectivity index (χ0v) is 11.6. The standard InChI is InChI=1S/C12H19O2P.ClH/c1-11-7-3-4-8-12(11)13-9-5-2-6-10-14-15;/h3-4,7-8H,2,5-6,9-10,15H2,1H3;1H. The third-order valence-electron chi connectivity index (χ3n) is 2.26. The van der Waals surface area contributed by atoms with Crippen molar-refractivity contribution in [1.82, 2.24) is 0 Å². The summed E-state index contributed by atoms with van der Waals surface area (Å²) in [5.74, 6) is 1.000. The lowest BCUT2D eigenvalue weighted by Gasteiger charge is -2.08. The van der Waals surface area contributed by atoms with Crippen molar-refractivity contribution < 1.29 is 9.26 Å². The molecule has 0 fully saturated rings. The minimum Gasteiger partial charge on any atom is -0.493 e. The van der Waals surface area contributed by atoms with Crippen molar-refractivity contribution in [1.29, 1.82) is 0 Å². The van der Waals surface area contributed by atoms with Gasteiger partial charge in [0.2, 0.25) is 0 Å². The van der Waals surface area contributed by atoms with E-state index in [4.69, 9.17) is 9.26 Å². The summed E-state index contributed by atoms with van der Waals surface area (Å²) < 4.78 is 10.6. The number of ether oxygens (including phenoxy) is 1. The van der Waals surface area contributed by atoms with Gasteiger partial charge in [0.05, 0.1) is 13.2 Å². The molecule has 4 heteroatoms. The molecule has 0 amide bonds. The second-order valence-corrected chi connectivity index (χ2v) is 3.88. The van der Waals surface area contributed by atoms with Gasteiger partial charge in [-0.05, 0) is 37.8 Å². The third-order valence-corrected chi connectivity index (χ3v) is 2.49. The van der Waals surface area contributed by atoms with E-state index in [1.165, 1.54) is 5.56 Å². The Morgan fingerprint density at radius 3 is 2.44 bits per heavy atom. The molecule has 0 aliphatic rings. The lowest BCUT2D eigenvalue weighted by molar-refractivity contribution is 0.292. The first-order valence-electron chi connectivity index (χ1n) is 5.34. The lowest BCUT2D eigenvalue weighted by atomic mass is 10.2. The van der Waals surface area contributed by atoms with Crippen molar-refractivity contribution in [3.05, 3.63) is 29.8 Å². The Morgan fingerprint density at radius 2 is 1.75 bits per heavy atom. The van der Waals surface area contributed by atoms with E-state index >= 15 is 0 Å². The van der Waals surface area contributed by atoms with Crippen LogP contribution in [0.5, 0.6) is 5.75 Å². The molecule has 0 aliphatic carbocycles. The van der Waals surface area contributed by atoms with Gasteiger partial charge < -0.3 is 9.26 Å². The predicted octanol–water partition coefficient (Wildman–Crippen LogP) is 3.77. The fourth-order valence-corrected chi connectivity index (χ4v) is 1.53. The SMILES string of the molecule is Cc1ccccc1OCCCCCOP.Cl. The molecule has 1 rings (SSSR count). The first kappa shape index (κ1) is 15.7. The highest BCUT2D eigenvalue weighted by atomic mass is 35.5. The van der Waals surface area contributed by atoms with E-state index in [0.29, 0.717) is 0 Å². The largest absolute Gasteiger partial charge is 0.493 e. The Kier molecular flexibility index (Phi) is 9.71. The van der Waals surface area contributed by atoms with E-state index < -0.39 is 0 Å². The molecular weight excluding hydrogens is 243 g/mol. The molecule has 1 unspecified atom stereocenters. The van der Waals surface area contributed by atoms with Crippen LogP contribution in [0.1, 0.15) is 24.8 Å². The summed E-state index contributed by atoms with van der Waals surface area (Å²) >= 11 is 0. The van der Waals surface area contributed by atoms with Gasteiger partial charge in [0.1, 0.15) is 5.75 Å². The van der Waals surface area contributed by atoms with Crippen molar-refractivity contribution in [2.75, 3.05) is 13.2 Å².